The summed E-state index contributed by atoms with van der Waals surface area (Å²) in [6.45, 7) is 4.30. The van der Waals surface area contributed by atoms with Crippen molar-refractivity contribution in [3.63, 3.8) is 0 Å². The van der Waals surface area contributed by atoms with Gasteiger partial charge in [0.25, 0.3) is 0 Å². The molecular weight excluding hydrogens is 224 g/mol. The Morgan fingerprint density at radius 1 is 1.06 bits per heavy atom. The van der Waals surface area contributed by atoms with Crippen LogP contribution in [0, 0.1) is 5.92 Å². The van der Waals surface area contributed by atoms with E-state index < -0.39 is 17.9 Å². The summed E-state index contributed by atoms with van der Waals surface area (Å²) in [5.74, 6) is -2.55. The van der Waals surface area contributed by atoms with Gasteiger partial charge in [0.15, 0.2) is 0 Å². The van der Waals surface area contributed by atoms with Gasteiger partial charge in [-0.1, -0.05) is 6.92 Å². The molecule has 0 saturated carbocycles. The fraction of sp³-hybridized carbons (Fsp3) is 0.667. The number of Topliss-reactive ketones (excluding diaryl/α,β-unsaturated/α-hetero) is 2. The molecule has 0 N–H and O–H groups in total. The summed E-state index contributed by atoms with van der Waals surface area (Å²) < 4.78 is 4.32. The van der Waals surface area contributed by atoms with Crippen LogP contribution in [-0.4, -0.2) is 23.5 Å². The lowest BCUT2D eigenvalue weighted by Crippen LogP contribution is -2.23. The van der Waals surface area contributed by atoms with E-state index in [1.807, 2.05) is 6.92 Å². The summed E-state index contributed by atoms with van der Waals surface area (Å²) in [4.78, 5) is 44.4. The third kappa shape index (κ3) is 6.60. The van der Waals surface area contributed by atoms with Crippen molar-refractivity contribution >= 4 is 23.5 Å². The molecule has 0 amide bonds. The lowest BCUT2D eigenvalue weighted by molar-refractivity contribution is -0.158. The quantitative estimate of drug-likeness (QED) is 0.498. The van der Waals surface area contributed by atoms with Crippen LogP contribution in [0.3, 0.4) is 0 Å². The normalized spacial score (nSPS) is 11.7. The molecule has 0 spiro atoms. The van der Waals surface area contributed by atoms with Gasteiger partial charge >= 0.3 is 11.9 Å². The number of ether oxygens (including phenoxy) is 1. The zero-order chi connectivity index (χ0) is 13.4. The molecule has 5 heteroatoms. The Balaban J connectivity index is 4.28. The molecule has 0 bridgehead atoms. The number of carbonyl (C=O) groups excluding carboxylic acids is 4. The van der Waals surface area contributed by atoms with E-state index in [4.69, 9.17) is 0 Å². The Hall–Kier alpha value is -1.52. The van der Waals surface area contributed by atoms with Crippen LogP contribution >= 0.6 is 0 Å². The Morgan fingerprint density at radius 3 is 2.06 bits per heavy atom. The smallest absolute Gasteiger partial charge is 0.313 e. The lowest BCUT2D eigenvalue weighted by atomic mass is 9.92. The average Bonchev–Trinajstić information content (AvgIpc) is 2.16. The second-order valence-corrected chi connectivity index (χ2v) is 3.88. The van der Waals surface area contributed by atoms with Crippen LogP contribution in [0.15, 0.2) is 0 Å². The standard InChI is InChI=1S/C12H18O5/c1-4-5-11(15)10(8(2)13)6-7-12(16)17-9(3)14/h10H,4-7H2,1-3H3. The van der Waals surface area contributed by atoms with Gasteiger partial charge in [-0.3, -0.25) is 19.2 Å². The van der Waals surface area contributed by atoms with Gasteiger partial charge in [-0.05, 0) is 19.8 Å². The summed E-state index contributed by atoms with van der Waals surface area (Å²) in [7, 11) is 0. The van der Waals surface area contributed by atoms with Crippen LogP contribution in [0.2, 0.25) is 0 Å². The average molecular weight is 242 g/mol. The van der Waals surface area contributed by atoms with Crippen molar-refractivity contribution in [1.29, 1.82) is 0 Å². The fourth-order valence-electron chi connectivity index (χ4n) is 1.49. The van der Waals surface area contributed by atoms with Gasteiger partial charge in [-0.25, -0.2) is 0 Å². The third-order valence-corrected chi connectivity index (χ3v) is 2.27. The first-order valence-electron chi connectivity index (χ1n) is 5.62. The van der Waals surface area contributed by atoms with E-state index in [0.29, 0.717) is 12.8 Å². The number of rotatable bonds is 7. The molecule has 0 heterocycles. The maximum Gasteiger partial charge on any atom is 0.313 e. The van der Waals surface area contributed by atoms with Gasteiger partial charge in [0.05, 0.1) is 5.92 Å². The molecule has 17 heavy (non-hydrogen) atoms. The van der Waals surface area contributed by atoms with Crippen molar-refractivity contribution in [1.82, 2.24) is 0 Å². The summed E-state index contributed by atoms with van der Waals surface area (Å²) in [6, 6.07) is 0. The fourth-order valence-corrected chi connectivity index (χ4v) is 1.49. The Bertz CT molecular complexity index is 319. The number of hydrogen-bond donors (Lipinski definition) is 0. The first kappa shape index (κ1) is 15.5. The van der Waals surface area contributed by atoms with Crippen LogP contribution < -0.4 is 0 Å². The van der Waals surface area contributed by atoms with Crippen molar-refractivity contribution in [3.8, 4) is 0 Å². The van der Waals surface area contributed by atoms with Crippen LogP contribution in [0.25, 0.3) is 0 Å². The van der Waals surface area contributed by atoms with Gasteiger partial charge in [0.1, 0.15) is 11.6 Å². The van der Waals surface area contributed by atoms with Gasteiger partial charge in [0.2, 0.25) is 0 Å². The van der Waals surface area contributed by atoms with Crippen LogP contribution in [0.4, 0.5) is 0 Å². The number of carbonyl (C=O) groups is 4. The van der Waals surface area contributed by atoms with Crippen molar-refractivity contribution in [2.24, 2.45) is 5.92 Å². The zero-order valence-corrected chi connectivity index (χ0v) is 10.4. The lowest BCUT2D eigenvalue weighted by Gasteiger charge is -2.11. The molecule has 1 unspecified atom stereocenters. The SMILES string of the molecule is CCCC(=O)C(CCC(=O)OC(C)=O)C(C)=O. The number of ketones is 2. The molecule has 0 radical (unpaired) electrons. The molecule has 1 atom stereocenters. The third-order valence-electron chi connectivity index (χ3n) is 2.27. The highest BCUT2D eigenvalue weighted by atomic mass is 16.6. The van der Waals surface area contributed by atoms with Crippen molar-refractivity contribution < 1.29 is 23.9 Å². The maximum absolute atomic E-state index is 11.6. The van der Waals surface area contributed by atoms with E-state index in [1.165, 1.54) is 6.92 Å². The van der Waals surface area contributed by atoms with E-state index in [2.05, 4.69) is 4.74 Å². The first-order chi connectivity index (χ1) is 7.88. The van der Waals surface area contributed by atoms with Crippen molar-refractivity contribution in [2.75, 3.05) is 0 Å². The topological polar surface area (TPSA) is 77.5 Å². The molecular formula is C12H18O5. The predicted molar refractivity (Wildman–Crippen MR) is 60.1 cm³/mol. The van der Waals surface area contributed by atoms with Crippen LogP contribution in [0.1, 0.15) is 46.5 Å². The highest BCUT2D eigenvalue weighted by Crippen LogP contribution is 2.13. The monoisotopic (exact) mass is 242 g/mol. The minimum absolute atomic E-state index is 0.0979. The Kier molecular flexibility index (Phi) is 7.02. The Morgan fingerprint density at radius 2 is 1.65 bits per heavy atom. The predicted octanol–water partition coefficient (Wildman–Crippen LogP) is 1.43. The van der Waals surface area contributed by atoms with Gasteiger partial charge in [0, 0.05) is 19.8 Å². The van der Waals surface area contributed by atoms with Gasteiger partial charge in [-0.2, -0.15) is 0 Å². The molecule has 0 aliphatic rings. The van der Waals surface area contributed by atoms with E-state index in [9.17, 15) is 19.2 Å². The van der Waals surface area contributed by atoms with E-state index in [0.717, 1.165) is 6.92 Å². The summed E-state index contributed by atoms with van der Waals surface area (Å²) in [6.07, 6.45) is 1.01. The molecule has 0 saturated heterocycles. The number of hydrogen-bond acceptors (Lipinski definition) is 5. The molecule has 0 aliphatic carbocycles. The Labute approximate surface area is 101 Å². The van der Waals surface area contributed by atoms with E-state index in [1.54, 1.807) is 0 Å². The molecule has 0 aliphatic heterocycles. The van der Waals surface area contributed by atoms with Gasteiger partial charge in [-0.15, -0.1) is 0 Å². The summed E-state index contributed by atoms with van der Waals surface area (Å²) in [5.41, 5.74) is 0. The minimum Gasteiger partial charge on any atom is -0.393 e. The highest BCUT2D eigenvalue weighted by Gasteiger charge is 2.23. The molecule has 0 aromatic rings. The summed E-state index contributed by atoms with van der Waals surface area (Å²) >= 11 is 0. The minimum atomic E-state index is -0.755. The zero-order valence-electron chi connectivity index (χ0n) is 10.4. The van der Waals surface area contributed by atoms with E-state index >= 15 is 0 Å². The number of esters is 2. The molecule has 0 aromatic carbocycles. The second-order valence-electron chi connectivity index (χ2n) is 3.88. The molecule has 0 aromatic heterocycles. The molecule has 5 nitrogen and oxygen atoms in total. The van der Waals surface area contributed by atoms with E-state index in [-0.39, 0.29) is 24.4 Å². The van der Waals surface area contributed by atoms with Crippen LogP contribution in [0.5, 0.6) is 0 Å². The molecule has 0 fully saturated rings. The van der Waals surface area contributed by atoms with Gasteiger partial charge < -0.3 is 4.74 Å². The molecule has 0 rings (SSSR count). The second kappa shape index (κ2) is 7.70. The largest absolute Gasteiger partial charge is 0.393 e. The first-order valence-corrected chi connectivity index (χ1v) is 5.62. The maximum atomic E-state index is 11.6. The van der Waals surface area contributed by atoms with Crippen molar-refractivity contribution in [3.05, 3.63) is 0 Å². The van der Waals surface area contributed by atoms with Crippen LogP contribution in [-0.2, 0) is 23.9 Å². The highest BCUT2D eigenvalue weighted by molar-refractivity contribution is 6.01. The molecule has 96 valence electrons. The van der Waals surface area contributed by atoms with Crippen molar-refractivity contribution in [2.45, 2.75) is 46.5 Å². The summed E-state index contributed by atoms with van der Waals surface area (Å²) in [5, 5.41) is 0.